The Labute approximate surface area is 74.9 Å². The number of hydrogen-bond donors (Lipinski definition) is 0. The van der Waals surface area contributed by atoms with E-state index in [9.17, 15) is 4.79 Å². The van der Waals surface area contributed by atoms with E-state index in [-0.39, 0.29) is 5.91 Å². The molecule has 0 bridgehead atoms. The largest absolute Gasteiger partial charge is 0.335 e. The van der Waals surface area contributed by atoms with E-state index in [2.05, 4.69) is 19.8 Å². The van der Waals surface area contributed by atoms with Crippen LogP contribution < -0.4 is 0 Å². The predicted molar refractivity (Wildman–Crippen MR) is 50.5 cm³/mol. The molecule has 0 rings (SSSR count). The van der Waals surface area contributed by atoms with Gasteiger partial charge in [-0.05, 0) is 5.92 Å². The van der Waals surface area contributed by atoms with Crippen molar-refractivity contribution in [3.05, 3.63) is 0 Å². The van der Waals surface area contributed by atoms with Crippen molar-refractivity contribution in [3.63, 3.8) is 0 Å². The van der Waals surface area contributed by atoms with E-state index in [1.54, 1.807) is 11.9 Å². The molecule has 0 aromatic carbocycles. The van der Waals surface area contributed by atoms with Crippen LogP contribution in [0.15, 0.2) is 0 Å². The van der Waals surface area contributed by atoms with Crippen molar-refractivity contribution in [2.45, 2.75) is 26.7 Å². The summed E-state index contributed by atoms with van der Waals surface area (Å²) in [6, 6.07) is 0. The lowest BCUT2D eigenvalue weighted by Gasteiger charge is -2.15. The van der Waals surface area contributed by atoms with E-state index in [0.29, 0.717) is 18.9 Å². The first kappa shape index (κ1) is 11.0. The fourth-order valence-electron chi connectivity index (χ4n) is 0.823. The Morgan fingerprint density at radius 2 is 2.25 bits per heavy atom. The number of terminal acetylenes is 1. The second-order valence-electron chi connectivity index (χ2n) is 3.17. The molecular weight excluding hydrogens is 150 g/mol. The summed E-state index contributed by atoms with van der Waals surface area (Å²) < 4.78 is 0. The second kappa shape index (κ2) is 5.65. The summed E-state index contributed by atoms with van der Waals surface area (Å²) in [4.78, 5) is 12.9. The van der Waals surface area contributed by atoms with Gasteiger partial charge in [-0.2, -0.15) is 0 Å². The summed E-state index contributed by atoms with van der Waals surface area (Å²) in [5, 5.41) is 0. The minimum atomic E-state index is 0.141. The molecule has 0 N–H and O–H groups in total. The number of nitrogens with zero attached hydrogens (tertiary/aromatic N) is 1. The van der Waals surface area contributed by atoms with E-state index in [1.807, 2.05) is 0 Å². The highest BCUT2D eigenvalue weighted by molar-refractivity contribution is 5.76. The van der Waals surface area contributed by atoms with Crippen LogP contribution in [0.2, 0.25) is 0 Å². The van der Waals surface area contributed by atoms with Gasteiger partial charge in [0, 0.05) is 13.5 Å². The molecule has 1 amide bonds. The third-order valence-electron chi connectivity index (χ3n) is 1.97. The fraction of sp³-hybridized carbons (Fsp3) is 0.700. The summed E-state index contributed by atoms with van der Waals surface area (Å²) >= 11 is 0. The maximum atomic E-state index is 11.3. The SMILES string of the molecule is C#CCN(C)C(=O)CC(C)CC. The first-order valence-electron chi connectivity index (χ1n) is 4.29. The molecule has 0 aromatic rings. The predicted octanol–water partition coefficient (Wildman–Crippen LogP) is 1.51. The zero-order chi connectivity index (χ0) is 9.56. The van der Waals surface area contributed by atoms with Crippen LogP contribution >= 0.6 is 0 Å². The molecule has 1 unspecified atom stereocenters. The lowest BCUT2D eigenvalue weighted by molar-refractivity contribution is -0.130. The summed E-state index contributed by atoms with van der Waals surface area (Å²) in [5.41, 5.74) is 0. The minimum absolute atomic E-state index is 0.141. The van der Waals surface area contributed by atoms with Crippen LogP contribution in [-0.4, -0.2) is 24.4 Å². The second-order valence-corrected chi connectivity index (χ2v) is 3.17. The molecule has 0 spiro atoms. The van der Waals surface area contributed by atoms with Gasteiger partial charge in [0.25, 0.3) is 0 Å². The maximum absolute atomic E-state index is 11.3. The van der Waals surface area contributed by atoms with Gasteiger partial charge in [-0.15, -0.1) is 6.42 Å². The first-order valence-corrected chi connectivity index (χ1v) is 4.29. The zero-order valence-electron chi connectivity index (χ0n) is 8.13. The molecule has 0 aliphatic carbocycles. The molecule has 0 aromatic heterocycles. The third-order valence-corrected chi connectivity index (χ3v) is 1.97. The molecule has 0 fully saturated rings. The van der Waals surface area contributed by atoms with Crippen molar-refractivity contribution in [2.24, 2.45) is 5.92 Å². The van der Waals surface area contributed by atoms with E-state index >= 15 is 0 Å². The topological polar surface area (TPSA) is 20.3 Å². The molecule has 0 saturated heterocycles. The van der Waals surface area contributed by atoms with Gasteiger partial charge in [-0.25, -0.2) is 0 Å². The van der Waals surface area contributed by atoms with Gasteiger partial charge in [0.05, 0.1) is 6.54 Å². The van der Waals surface area contributed by atoms with Crippen LogP contribution in [0, 0.1) is 18.3 Å². The van der Waals surface area contributed by atoms with Crippen LogP contribution in [0.1, 0.15) is 26.7 Å². The van der Waals surface area contributed by atoms with Crippen molar-refractivity contribution >= 4 is 5.91 Å². The van der Waals surface area contributed by atoms with Gasteiger partial charge >= 0.3 is 0 Å². The Bertz CT molecular complexity index is 181. The summed E-state index contributed by atoms with van der Waals surface area (Å²) in [5.74, 6) is 3.04. The molecule has 0 radical (unpaired) electrons. The zero-order valence-corrected chi connectivity index (χ0v) is 8.13. The molecule has 1 atom stereocenters. The van der Waals surface area contributed by atoms with Gasteiger partial charge < -0.3 is 4.90 Å². The summed E-state index contributed by atoms with van der Waals surface area (Å²) in [6.07, 6.45) is 6.73. The van der Waals surface area contributed by atoms with Crippen molar-refractivity contribution < 1.29 is 4.79 Å². The van der Waals surface area contributed by atoms with Crippen molar-refractivity contribution in [1.82, 2.24) is 4.90 Å². The molecule has 0 saturated carbocycles. The van der Waals surface area contributed by atoms with E-state index in [4.69, 9.17) is 6.42 Å². The Morgan fingerprint density at radius 1 is 1.67 bits per heavy atom. The molecule has 12 heavy (non-hydrogen) atoms. The van der Waals surface area contributed by atoms with Crippen LogP contribution in [0.25, 0.3) is 0 Å². The Hall–Kier alpha value is -0.970. The maximum Gasteiger partial charge on any atom is 0.223 e. The standard InChI is InChI=1S/C10H17NO/c1-5-7-11(4)10(12)8-9(3)6-2/h1,9H,6-8H2,2-4H3. The molecule has 68 valence electrons. The third kappa shape index (κ3) is 4.02. The smallest absolute Gasteiger partial charge is 0.223 e. The molecule has 2 nitrogen and oxygen atoms in total. The van der Waals surface area contributed by atoms with Crippen LogP contribution in [-0.2, 0) is 4.79 Å². The Morgan fingerprint density at radius 3 is 2.67 bits per heavy atom. The number of carbonyl (C=O) groups is 1. The number of amides is 1. The van der Waals surface area contributed by atoms with Crippen LogP contribution in [0.4, 0.5) is 0 Å². The lowest BCUT2D eigenvalue weighted by Crippen LogP contribution is -2.28. The van der Waals surface area contributed by atoms with Crippen molar-refractivity contribution in [3.8, 4) is 12.3 Å². The first-order chi connectivity index (χ1) is 5.61. The summed E-state index contributed by atoms with van der Waals surface area (Å²) in [7, 11) is 1.74. The van der Waals surface area contributed by atoms with E-state index in [1.165, 1.54) is 0 Å². The molecule has 0 heterocycles. The Balaban J connectivity index is 3.80. The van der Waals surface area contributed by atoms with Crippen molar-refractivity contribution in [2.75, 3.05) is 13.6 Å². The molecular formula is C10H17NO. The van der Waals surface area contributed by atoms with Gasteiger partial charge in [0.1, 0.15) is 0 Å². The van der Waals surface area contributed by atoms with Gasteiger partial charge in [-0.1, -0.05) is 26.2 Å². The Kier molecular flexibility index (Phi) is 5.19. The molecule has 2 heteroatoms. The van der Waals surface area contributed by atoms with E-state index < -0.39 is 0 Å². The normalized spacial score (nSPS) is 11.8. The van der Waals surface area contributed by atoms with Gasteiger partial charge in [-0.3, -0.25) is 4.79 Å². The van der Waals surface area contributed by atoms with Crippen LogP contribution in [0.3, 0.4) is 0 Å². The lowest BCUT2D eigenvalue weighted by atomic mass is 10.0. The highest BCUT2D eigenvalue weighted by atomic mass is 16.2. The highest BCUT2D eigenvalue weighted by Crippen LogP contribution is 2.07. The minimum Gasteiger partial charge on any atom is -0.335 e. The average Bonchev–Trinajstić information content (AvgIpc) is 2.04. The highest BCUT2D eigenvalue weighted by Gasteiger charge is 2.10. The average molecular weight is 167 g/mol. The van der Waals surface area contributed by atoms with Gasteiger partial charge in [0.15, 0.2) is 0 Å². The summed E-state index contributed by atoms with van der Waals surface area (Å²) in [6.45, 7) is 4.57. The number of rotatable bonds is 4. The molecule has 0 aliphatic heterocycles. The van der Waals surface area contributed by atoms with Gasteiger partial charge in [0.2, 0.25) is 5.91 Å². The monoisotopic (exact) mass is 167 g/mol. The van der Waals surface area contributed by atoms with E-state index in [0.717, 1.165) is 6.42 Å². The quantitative estimate of drug-likeness (QED) is 0.581. The molecule has 0 aliphatic rings. The van der Waals surface area contributed by atoms with Crippen molar-refractivity contribution in [1.29, 1.82) is 0 Å². The van der Waals surface area contributed by atoms with Crippen LogP contribution in [0.5, 0.6) is 0 Å². The number of hydrogen-bond acceptors (Lipinski definition) is 1. The fourth-order valence-corrected chi connectivity index (χ4v) is 0.823. The number of carbonyl (C=O) groups excluding carboxylic acids is 1.